The molecule has 19 heavy (non-hydrogen) atoms. The molecule has 4 heteroatoms. The van der Waals surface area contributed by atoms with E-state index in [9.17, 15) is 4.79 Å². The van der Waals surface area contributed by atoms with Gasteiger partial charge in [-0.05, 0) is 31.0 Å². The first-order valence-electron chi connectivity index (χ1n) is 6.70. The Balaban J connectivity index is 2.80. The average Bonchev–Trinajstić information content (AvgIpc) is 2.41. The van der Waals surface area contributed by atoms with Crippen LogP contribution in [0, 0.1) is 0 Å². The Labute approximate surface area is 115 Å². The average molecular weight is 265 g/mol. The molecule has 0 spiro atoms. The molecule has 0 heterocycles. The second-order valence-electron chi connectivity index (χ2n) is 4.31. The van der Waals surface area contributed by atoms with Gasteiger partial charge in [0, 0.05) is 7.11 Å². The molecular formula is C15H23NO3. The minimum absolute atomic E-state index is 0.226. The van der Waals surface area contributed by atoms with E-state index in [2.05, 4.69) is 12.2 Å². The predicted molar refractivity (Wildman–Crippen MR) is 74.8 cm³/mol. The van der Waals surface area contributed by atoms with Crippen LogP contribution >= 0.6 is 0 Å². The normalized spacial score (nSPS) is 12.2. The quantitative estimate of drug-likeness (QED) is 0.733. The first-order valence-corrected chi connectivity index (χ1v) is 6.70. The van der Waals surface area contributed by atoms with Crippen molar-refractivity contribution in [2.75, 3.05) is 20.3 Å². The molecule has 0 aliphatic carbocycles. The molecule has 106 valence electrons. The molecule has 0 radical (unpaired) electrons. The third kappa shape index (κ3) is 5.01. The number of carbonyl (C=O) groups excluding carboxylic acids is 1. The number of rotatable bonds is 8. The van der Waals surface area contributed by atoms with Gasteiger partial charge in [-0.3, -0.25) is 0 Å². The van der Waals surface area contributed by atoms with Crippen molar-refractivity contribution in [2.45, 2.75) is 32.9 Å². The zero-order valence-corrected chi connectivity index (χ0v) is 11.9. The summed E-state index contributed by atoms with van der Waals surface area (Å²) in [6, 6.07) is 7.44. The highest BCUT2D eigenvalue weighted by atomic mass is 16.5. The lowest BCUT2D eigenvalue weighted by Crippen LogP contribution is -2.30. The summed E-state index contributed by atoms with van der Waals surface area (Å²) in [7, 11) is 1.66. The van der Waals surface area contributed by atoms with Crippen LogP contribution in [-0.4, -0.2) is 26.2 Å². The Morgan fingerprint density at radius 2 is 1.95 bits per heavy atom. The van der Waals surface area contributed by atoms with Gasteiger partial charge in [-0.2, -0.15) is 0 Å². The van der Waals surface area contributed by atoms with Crippen molar-refractivity contribution in [3.8, 4) is 0 Å². The second-order valence-corrected chi connectivity index (χ2v) is 4.31. The van der Waals surface area contributed by atoms with Gasteiger partial charge in [0.15, 0.2) is 0 Å². The fraction of sp³-hybridized carbons (Fsp3) is 0.533. The third-order valence-corrected chi connectivity index (χ3v) is 2.74. The van der Waals surface area contributed by atoms with Gasteiger partial charge in [0.1, 0.15) is 6.04 Å². The highest BCUT2D eigenvalue weighted by molar-refractivity contribution is 5.77. The minimum atomic E-state index is -0.392. The Morgan fingerprint density at radius 1 is 1.26 bits per heavy atom. The minimum Gasteiger partial charge on any atom is -0.465 e. The lowest BCUT2D eigenvalue weighted by Gasteiger charge is -2.17. The number of esters is 1. The Morgan fingerprint density at radius 3 is 2.47 bits per heavy atom. The predicted octanol–water partition coefficient (Wildman–Crippen LogP) is 2.44. The van der Waals surface area contributed by atoms with Gasteiger partial charge in [0.25, 0.3) is 0 Å². The number of carbonyl (C=O) groups is 1. The third-order valence-electron chi connectivity index (χ3n) is 2.74. The van der Waals surface area contributed by atoms with Crippen LogP contribution in [0.3, 0.4) is 0 Å². The molecule has 0 fully saturated rings. The second kappa shape index (κ2) is 8.67. The van der Waals surface area contributed by atoms with E-state index in [0.717, 1.165) is 24.1 Å². The van der Waals surface area contributed by atoms with Crippen molar-refractivity contribution in [1.82, 2.24) is 5.32 Å². The molecule has 1 aromatic rings. The van der Waals surface area contributed by atoms with Gasteiger partial charge >= 0.3 is 5.97 Å². The highest BCUT2D eigenvalue weighted by Gasteiger charge is 2.20. The standard InChI is InChI=1S/C15H23NO3/c1-4-10-16-14(15(17)19-5-2)13-8-6-12(7-9-13)11-18-3/h6-9,14,16H,4-5,10-11H2,1-3H3. The van der Waals surface area contributed by atoms with E-state index < -0.39 is 6.04 Å². The number of methoxy groups -OCH3 is 1. The molecule has 1 aromatic carbocycles. The number of benzene rings is 1. The summed E-state index contributed by atoms with van der Waals surface area (Å²) in [6.45, 7) is 5.63. The van der Waals surface area contributed by atoms with Crippen LogP contribution in [0.4, 0.5) is 0 Å². The Kier molecular flexibility index (Phi) is 7.15. The van der Waals surface area contributed by atoms with Crippen molar-refractivity contribution in [2.24, 2.45) is 0 Å². The van der Waals surface area contributed by atoms with Crippen molar-refractivity contribution in [3.05, 3.63) is 35.4 Å². The van der Waals surface area contributed by atoms with Crippen LogP contribution in [0.1, 0.15) is 37.4 Å². The lowest BCUT2D eigenvalue weighted by atomic mass is 10.0. The maximum Gasteiger partial charge on any atom is 0.327 e. The van der Waals surface area contributed by atoms with E-state index in [1.807, 2.05) is 31.2 Å². The summed E-state index contributed by atoms with van der Waals surface area (Å²) in [5, 5.41) is 3.22. The van der Waals surface area contributed by atoms with Gasteiger partial charge in [-0.25, -0.2) is 4.79 Å². The molecule has 0 saturated carbocycles. The molecule has 1 N–H and O–H groups in total. The van der Waals surface area contributed by atoms with Crippen molar-refractivity contribution >= 4 is 5.97 Å². The Bertz CT molecular complexity index is 375. The first kappa shape index (κ1) is 15.7. The SMILES string of the molecule is CCCNC(C(=O)OCC)c1ccc(COC)cc1. The van der Waals surface area contributed by atoms with Crippen LogP contribution in [0.5, 0.6) is 0 Å². The monoisotopic (exact) mass is 265 g/mol. The van der Waals surface area contributed by atoms with E-state index in [0.29, 0.717) is 13.2 Å². The summed E-state index contributed by atoms with van der Waals surface area (Å²) in [5.41, 5.74) is 2.01. The molecule has 0 amide bonds. The van der Waals surface area contributed by atoms with Crippen molar-refractivity contribution in [3.63, 3.8) is 0 Å². The van der Waals surface area contributed by atoms with Crippen LogP contribution in [-0.2, 0) is 20.9 Å². The van der Waals surface area contributed by atoms with Gasteiger partial charge < -0.3 is 14.8 Å². The Hall–Kier alpha value is -1.39. The summed E-state index contributed by atoms with van der Waals surface area (Å²) < 4.78 is 10.2. The molecule has 1 atom stereocenters. The van der Waals surface area contributed by atoms with Gasteiger partial charge in [-0.15, -0.1) is 0 Å². The van der Waals surface area contributed by atoms with E-state index in [-0.39, 0.29) is 5.97 Å². The maximum absolute atomic E-state index is 12.0. The zero-order chi connectivity index (χ0) is 14.1. The fourth-order valence-electron chi connectivity index (χ4n) is 1.82. The number of hydrogen-bond donors (Lipinski definition) is 1. The van der Waals surface area contributed by atoms with E-state index in [1.54, 1.807) is 7.11 Å². The van der Waals surface area contributed by atoms with Crippen molar-refractivity contribution in [1.29, 1.82) is 0 Å². The molecule has 0 saturated heterocycles. The summed E-state index contributed by atoms with van der Waals surface area (Å²) in [4.78, 5) is 12.0. The summed E-state index contributed by atoms with van der Waals surface area (Å²) in [5.74, 6) is -0.226. The van der Waals surface area contributed by atoms with E-state index in [1.165, 1.54) is 0 Å². The molecular weight excluding hydrogens is 242 g/mol. The largest absolute Gasteiger partial charge is 0.465 e. The van der Waals surface area contributed by atoms with Crippen LogP contribution in [0.2, 0.25) is 0 Å². The van der Waals surface area contributed by atoms with E-state index in [4.69, 9.17) is 9.47 Å². The van der Waals surface area contributed by atoms with E-state index >= 15 is 0 Å². The van der Waals surface area contributed by atoms with Gasteiger partial charge in [0.05, 0.1) is 13.2 Å². The molecule has 0 aromatic heterocycles. The summed E-state index contributed by atoms with van der Waals surface area (Å²) in [6.07, 6.45) is 0.970. The van der Waals surface area contributed by atoms with Crippen LogP contribution in [0.25, 0.3) is 0 Å². The highest BCUT2D eigenvalue weighted by Crippen LogP contribution is 2.16. The molecule has 1 unspecified atom stereocenters. The zero-order valence-electron chi connectivity index (χ0n) is 11.9. The van der Waals surface area contributed by atoms with Crippen LogP contribution < -0.4 is 5.32 Å². The van der Waals surface area contributed by atoms with Crippen molar-refractivity contribution < 1.29 is 14.3 Å². The van der Waals surface area contributed by atoms with Crippen LogP contribution in [0.15, 0.2) is 24.3 Å². The molecule has 1 rings (SSSR count). The van der Waals surface area contributed by atoms with Gasteiger partial charge in [-0.1, -0.05) is 31.2 Å². The molecule has 0 bridgehead atoms. The fourth-order valence-corrected chi connectivity index (χ4v) is 1.82. The number of ether oxygens (including phenoxy) is 2. The summed E-state index contributed by atoms with van der Waals surface area (Å²) >= 11 is 0. The van der Waals surface area contributed by atoms with Gasteiger partial charge in [0.2, 0.25) is 0 Å². The molecule has 0 aliphatic rings. The number of hydrogen-bond acceptors (Lipinski definition) is 4. The number of nitrogens with one attached hydrogen (secondary N) is 1. The first-order chi connectivity index (χ1) is 9.22. The lowest BCUT2D eigenvalue weighted by molar-refractivity contribution is -0.145. The smallest absolute Gasteiger partial charge is 0.327 e. The topological polar surface area (TPSA) is 47.6 Å². The maximum atomic E-state index is 12.0. The molecule has 4 nitrogen and oxygen atoms in total. The molecule has 0 aliphatic heterocycles.